The lowest BCUT2D eigenvalue weighted by Gasteiger charge is -2.34. The summed E-state index contributed by atoms with van der Waals surface area (Å²) in [5, 5.41) is 0. The Hall–Kier alpha value is -4.01. The molecular formula is C30H30O8. The standard InChI is InChI=1S/C30H30O8/c1-19-13-11-12-18-23(19)28(33)38-30(3)25(37-27(32)22-16-9-6-10-17-22)24(36-29(30)34-4)20(2)35-26(31)21-14-7-5-8-15-21/h5-18,20,24-25,29H,1-4H3. The molecule has 38 heavy (non-hydrogen) atoms. The molecule has 0 aliphatic carbocycles. The van der Waals surface area contributed by atoms with Crippen LogP contribution in [0.1, 0.15) is 50.5 Å². The van der Waals surface area contributed by atoms with Gasteiger partial charge < -0.3 is 23.7 Å². The largest absolute Gasteiger partial charge is 0.456 e. The van der Waals surface area contributed by atoms with Gasteiger partial charge in [-0.2, -0.15) is 0 Å². The average molecular weight is 519 g/mol. The summed E-state index contributed by atoms with van der Waals surface area (Å²) in [6.07, 6.45) is -4.19. The number of hydrogen-bond acceptors (Lipinski definition) is 8. The maximum Gasteiger partial charge on any atom is 0.339 e. The van der Waals surface area contributed by atoms with E-state index in [4.69, 9.17) is 23.7 Å². The van der Waals surface area contributed by atoms with E-state index in [1.165, 1.54) is 7.11 Å². The maximum atomic E-state index is 13.3. The second-order valence-corrected chi connectivity index (χ2v) is 9.22. The van der Waals surface area contributed by atoms with Crippen LogP contribution in [0.5, 0.6) is 0 Å². The summed E-state index contributed by atoms with van der Waals surface area (Å²) in [4.78, 5) is 39.2. The summed E-state index contributed by atoms with van der Waals surface area (Å²) in [6.45, 7) is 4.99. The predicted molar refractivity (Wildman–Crippen MR) is 138 cm³/mol. The van der Waals surface area contributed by atoms with Gasteiger partial charge in [0.2, 0.25) is 6.29 Å². The van der Waals surface area contributed by atoms with Crippen molar-refractivity contribution in [3.63, 3.8) is 0 Å². The highest BCUT2D eigenvalue weighted by Crippen LogP contribution is 2.40. The van der Waals surface area contributed by atoms with Gasteiger partial charge in [0.1, 0.15) is 12.2 Å². The van der Waals surface area contributed by atoms with E-state index in [0.717, 1.165) is 0 Å². The summed E-state index contributed by atoms with van der Waals surface area (Å²) in [5.41, 5.74) is 0.148. The zero-order valence-corrected chi connectivity index (χ0v) is 21.7. The topological polar surface area (TPSA) is 97.4 Å². The first-order valence-electron chi connectivity index (χ1n) is 12.2. The minimum Gasteiger partial charge on any atom is -0.456 e. The summed E-state index contributed by atoms with van der Waals surface area (Å²) in [6, 6.07) is 23.9. The number of carbonyl (C=O) groups excluding carboxylic acids is 3. The predicted octanol–water partition coefficient (Wildman–Crippen LogP) is 4.75. The fourth-order valence-electron chi connectivity index (χ4n) is 4.44. The maximum absolute atomic E-state index is 13.3. The first kappa shape index (κ1) is 27.0. The number of ether oxygens (including phenoxy) is 5. The molecule has 0 amide bonds. The van der Waals surface area contributed by atoms with Gasteiger partial charge >= 0.3 is 17.9 Å². The summed E-state index contributed by atoms with van der Waals surface area (Å²) < 4.78 is 29.2. The van der Waals surface area contributed by atoms with Gasteiger partial charge in [0.25, 0.3) is 0 Å². The molecule has 0 radical (unpaired) electrons. The zero-order valence-electron chi connectivity index (χ0n) is 21.7. The van der Waals surface area contributed by atoms with Crippen molar-refractivity contribution in [3.05, 3.63) is 107 Å². The third kappa shape index (κ3) is 5.61. The molecule has 3 aromatic carbocycles. The van der Waals surface area contributed by atoms with E-state index < -0.39 is 48.1 Å². The second kappa shape index (κ2) is 11.6. The average Bonchev–Trinajstić information content (AvgIpc) is 3.20. The van der Waals surface area contributed by atoms with Crippen LogP contribution in [0.2, 0.25) is 0 Å². The van der Waals surface area contributed by atoms with Crippen molar-refractivity contribution in [2.24, 2.45) is 0 Å². The van der Waals surface area contributed by atoms with Crippen LogP contribution in [0.3, 0.4) is 0 Å². The lowest BCUT2D eigenvalue weighted by Crippen LogP contribution is -2.53. The first-order chi connectivity index (χ1) is 18.2. The normalized spacial score (nSPS) is 23.3. The van der Waals surface area contributed by atoms with Gasteiger partial charge in [0, 0.05) is 7.11 Å². The number of esters is 3. The lowest BCUT2D eigenvalue weighted by atomic mass is 9.94. The number of hydrogen-bond donors (Lipinski definition) is 0. The minimum absolute atomic E-state index is 0.300. The van der Waals surface area contributed by atoms with E-state index in [1.807, 2.05) is 6.07 Å². The molecule has 1 saturated heterocycles. The van der Waals surface area contributed by atoms with Gasteiger partial charge in [0.15, 0.2) is 11.7 Å². The van der Waals surface area contributed by atoms with E-state index in [9.17, 15) is 14.4 Å². The van der Waals surface area contributed by atoms with E-state index in [-0.39, 0.29) is 0 Å². The Morgan fingerprint density at radius 2 is 1.37 bits per heavy atom. The van der Waals surface area contributed by atoms with E-state index >= 15 is 0 Å². The molecular weight excluding hydrogens is 488 g/mol. The molecule has 1 fully saturated rings. The highest BCUT2D eigenvalue weighted by atomic mass is 16.7. The van der Waals surface area contributed by atoms with Crippen molar-refractivity contribution in [3.8, 4) is 0 Å². The molecule has 0 spiro atoms. The van der Waals surface area contributed by atoms with Crippen molar-refractivity contribution < 1.29 is 38.1 Å². The molecule has 1 aliphatic rings. The monoisotopic (exact) mass is 518 g/mol. The Bertz CT molecular complexity index is 1280. The summed E-state index contributed by atoms with van der Waals surface area (Å²) in [5.74, 6) is -1.86. The van der Waals surface area contributed by atoms with Crippen molar-refractivity contribution in [2.45, 2.75) is 51.0 Å². The van der Waals surface area contributed by atoms with Crippen LogP contribution in [0.15, 0.2) is 84.9 Å². The Morgan fingerprint density at radius 1 is 0.816 bits per heavy atom. The van der Waals surface area contributed by atoms with Crippen LogP contribution in [-0.2, 0) is 23.7 Å². The fraction of sp³-hybridized carbons (Fsp3) is 0.300. The van der Waals surface area contributed by atoms with E-state index in [2.05, 4.69) is 0 Å². The fourth-order valence-corrected chi connectivity index (χ4v) is 4.44. The van der Waals surface area contributed by atoms with Crippen LogP contribution in [0.4, 0.5) is 0 Å². The van der Waals surface area contributed by atoms with Gasteiger partial charge in [-0.1, -0.05) is 54.6 Å². The Morgan fingerprint density at radius 3 is 1.95 bits per heavy atom. The molecule has 5 atom stereocenters. The van der Waals surface area contributed by atoms with E-state index in [0.29, 0.717) is 22.3 Å². The van der Waals surface area contributed by atoms with Crippen LogP contribution in [0, 0.1) is 6.92 Å². The molecule has 5 unspecified atom stereocenters. The van der Waals surface area contributed by atoms with Crippen molar-refractivity contribution in [1.29, 1.82) is 0 Å². The molecule has 8 nitrogen and oxygen atoms in total. The van der Waals surface area contributed by atoms with Gasteiger partial charge in [-0.15, -0.1) is 0 Å². The SMILES string of the molecule is COC1OC(C(C)OC(=O)c2ccccc2)C(OC(=O)c2ccccc2)C1(C)OC(=O)c1ccccc1C. The molecule has 0 aromatic heterocycles. The van der Waals surface area contributed by atoms with Crippen molar-refractivity contribution >= 4 is 17.9 Å². The van der Waals surface area contributed by atoms with Crippen molar-refractivity contribution in [2.75, 3.05) is 7.11 Å². The highest BCUT2D eigenvalue weighted by molar-refractivity contribution is 5.92. The third-order valence-electron chi connectivity index (χ3n) is 6.51. The molecule has 198 valence electrons. The van der Waals surface area contributed by atoms with Gasteiger partial charge in [0.05, 0.1) is 16.7 Å². The molecule has 4 rings (SSSR count). The smallest absolute Gasteiger partial charge is 0.339 e. The van der Waals surface area contributed by atoms with Gasteiger partial charge in [-0.3, -0.25) is 0 Å². The Balaban J connectivity index is 1.66. The molecule has 0 bridgehead atoms. The molecule has 3 aromatic rings. The second-order valence-electron chi connectivity index (χ2n) is 9.22. The minimum atomic E-state index is -1.57. The molecule has 0 saturated carbocycles. The van der Waals surface area contributed by atoms with Crippen LogP contribution >= 0.6 is 0 Å². The molecule has 1 aliphatic heterocycles. The molecule has 1 heterocycles. The zero-order chi connectivity index (χ0) is 27.3. The highest BCUT2D eigenvalue weighted by Gasteiger charge is 2.61. The van der Waals surface area contributed by atoms with Crippen LogP contribution in [-0.4, -0.2) is 55.2 Å². The quantitative estimate of drug-likeness (QED) is 0.311. The van der Waals surface area contributed by atoms with Crippen molar-refractivity contribution in [1.82, 2.24) is 0 Å². The number of methoxy groups -OCH3 is 1. The van der Waals surface area contributed by atoms with Crippen LogP contribution < -0.4 is 0 Å². The first-order valence-corrected chi connectivity index (χ1v) is 12.2. The number of aryl methyl sites for hydroxylation is 1. The Kier molecular flexibility index (Phi) is 8.24. The third-order valence-corrected chi connectivity index (χ3v) is 6.51. The van der Waals surface area contributed by atoms with Gasteiger partial charge in [-0.05, 0) is 56.7 Å². The lowest BCUT2D eigenvalue weighted by molar-refractivity contribution is -0.191. The van der Waals surface area contributed by atoms with Crippen LogP contribution in [0.25, 0.3) is 0 Å². The number of benzene rings is 3. The Labute approximate surface area is 221 Å². The van der Waals surface area contributed by atoms with Gasteiger partial charge in [-0.25, -0.2) is 14.4 Å². The number of carbonyl (C=O) groups is 3. The van der Waals surface area contributed by atoms with E-state index in [1.54, 1.807) is 99.6 Å². The summed E-state index contributed by atoms with van der Waals surface area (Å²) >= 11 is 0. The summed E-state index contributed by atoms with van der Waals surface area (Å²) in [7, 11) is 1.39. The molecule has 0 N–H and O–H groups in total. The number of rotatable bonds is 8. The molecule has 8 heteroatoms.